The van der Waals surface area contributed by atoms with Crippen molar-refractivity contribution in [1.82, 2.24) is 9.97 Å². The number of nitrogen functional groups attached to an aromatic ring is 1. The fourth-order valence-corrected chi connectivity index (χ4v) is 2.54. The Balaban J connectivity index is 2.22. The van der Waals surface area contributed by atoms with Crippen LogP contribution in [-0.2, 0) is 10.8 Å². The lowest BCUT2D eigenvalue weighted by Crippen LogP contribution is -2.19. The maximum atomic E-state index is 11.1. The number of nitrogens with one attached hydrogen (secondary N) is 1. The van der Waals surface area contributed by atoms with E-state index < -0.39 is 10.8 Å². The van der Waals surface area contributed by atoms with Crippen LogP contribution in [0, 0.1) is 0 Å². The second-order valence-corrected chi connectivity index (χ2v) is 6.11. The van der Waals surface area contributed by atoms with Crippen LogP contribution >= 0.6 is 0 Å². The quantitative estimate of drug-likeness (QED) is 0.871. The van der Waals surface area contributed by atoms with Gasteiger partial charge in [-0.3, -0.25) is 4.21 Å². The molecule has 0 radical (unpaired) electrons. The van der Waals surface area contributed by atoms with E-state index in [0.717, 1.165) is 23.1 Å². The average Bonchev–Trinajstić information content (AvgIpc) is 2.36. The highest BCUT2D eigenvalue weighted by molar-refractivity contribution is 7.84. The molecule has 0 aliphatic heterocycles. The van der Waals surface area contributed by atoms with Crippen molar-refractivity contribution in [3.8, 4) is 0 Å². The second kappa shape index (κ2) is 5.97. The van der Waals surface area contributed by atoms with Crippen LogP contribution in [0.1, 0.15) is 13.3 Å². The van der Waals surface area contributed by atoms with Gasteiger partial charge in [0.15, 0.2) is 0 Å². The number of rotatable bonds is 5. The molecule has 0 aliphatic carbocycles. The molecule has 2 atom stereocenters. The van der Waals surface area contributed by atoms with Crippen LogP contribution in [0.2, 0.25) is 0 Å². The number of hydrogen-bond acceptors (Lipinski definition) is 5. The van der Waals surface area contributed by atoms with E-state index in [9.17, 15) is 4.21 Å². The number of benzene rings is 1. The molecule has 0 fully saturated rings. The molecule has 5 nitrogen and oxygen atoms in total. The first-order valence-electron chi connectivity index (χ1n) is 6.15. The number of aromatic nitrogens is 2. The molecule has 0 saturated heterocycles. The molecule has 3 N–H and O–H groups in total. The van der Waals surface area contributed by atoms with Gasteiger partial charge >= 0.3 is 0 Å². The summed E-state index contributed by atoms with van der Waals surface area (Å²) < 4.78 is 11.1. The monoisotopic (exact) mass is 278 g/mol. The van der Waals surface area contributed by atoms with Crippen LogP contribution in [0.3, 0.4) is 0 Å². The van der Waals surface area contributed by atoms with Gasteiger partial charge in [0.1, 0.15) is 5.82 Å². The van der Waals surface area contributed by atoms with Crippen molar-refractivity contribution < 1.29 is 4.21 Å². The van der Waals surface area contributed by atoms with Gasteiger partial charge in [0.05, 0.1) is 5.52 Å². The Morgan fingerprint density at radius 2 is 2.11 bits per heavy atom. The Hall–Kier alpha value is -1.69. The zero-order valence-corrected chi connectivity index (χ0v) is 11.9. The Morgan fingerprint density at radius 3 is 2.84 bits per heavy atom. The van der Waals surface area contributed by atoms with Crippen LogP contribution in [0.4, 0.5) is 11.8 Å². The standard InChI is InChI=1S/C13H18N4OS/c1-9(7-8-19(2)18)15-12-10-5-3-4-6-11(10)16-13(14)17-12/h3-6,9H,7-8H2,1-2H3,(H3,14,15,16,17). The first-order valence-corrected chi connectivity index (χ1v) is 7.88. The molecule has 2 unspecified atom stereocenters. The molecule has 102 valence electrons. The maximum Gasteiger partial charge on any atom is 0.222 e. The highest BCUT2D eigenvalue weighted by Gasteiger charge is 2.09. The van der Waals surface area contributed by atoms with E-state index in [1.54, 1.807) is 6.26 Å². The molecule has 0 amide bonds. The molecule has 0 bridgehead atoms. The van der Waals surface area contributed by atoms with Gasteiger partial charge < -0.3 is 11.1 Å². The summed E-state index contributed by atoms with van der Waals surface area (Å²) in [7, 11) is -0.773. The first kappa shape index (κ1) is 13.7. The summed E-state index contributed by atoms with van der Waals surface area (Å²) >= 11 is 0. The summed E-state index contributed by atoms with van der Waals surface area (Å²) in [5.74, 6) is 1.66. The number of nitrogens with two attached hydrogens (primary N) is 1. The van der Waals surface area contributed by atoms with Gasteiger partial charge in [-0.15, -0.1) is 0 Å². The zero-order valence-electron chi connectivity index (χ0n) is 11.1. The van der Waals surface area contributed by atoms with Gasteiger partial charge in [-0.25, -0.2) is 4.98 Å². The molecule has 6 heteroatoms. The van der Waals surface area contributed by atoms with Crippen molar-refractivity contribution in [3.05, 3.63) is 24.3 Å². The number of anilines is 2. The molecule has 1 aromatic heterocycles. The van der Waals surface area contributed by atoms with E-state index in [4.69, 9.17) is 5.73 Å². The van der Waals surface area contributed by atoms with Crippen molar-refractivity contribution in [3.63, 3.8) is 0 Å². The van der Waals surface area contributed by atoms with E-state index in [0.29, 0.717) is 5.75 Å². The smallest absolute Gasteiger partial charge is 0.222 e. The number of hydrogen-bond donors (Lipinski definition) is 2. The van der Waals surface area contributed by atoms with E-state index in [2.05, 4.69) is 15.3 Å². The van der Waals surface area contributed by atoms with Gasteiger partial charge in [0.2, 0.25) is 5.95 Å². The van der Waals surface area contributed by atoms with Crippen LogP contribution in [-0.4, -0.2) is 32.2 Å². The molecule has 0 spiro atoms. The highest BCUT2D eigenvalue weighted by Crippen LogP contribution is 2.21. The summed E-state index contributed by atoms with van der Waals surface area (Å²) in [5.41, 5.74) is 6.53. The maximum absolute atomic E-state index is 11.1. The van der Waals surface area contributed by atoms with Crippen LogP contribution in [0.5, 0.6) is 0 Å². The minimum absolute atomic E-state index is 0.182. The van der Waals surface area contributed by atoms with Crippen molar-refractivity contribution >= 4 is 33.5 Å². The summed E-state index contributed by atoms with van der Waals surface area (Å²) in [6.45, 7) is 2.04. The molecule has 2 aromatic rings. The summed E-state index contributed by atoms with van der Waals surface area (Å²) in [6.07, 6.45) is 2.53. The molecule has 1 heterocycles. The molecule has 2 rings (SSSR count). The lowest BCUT2D eigenvalue weighted by Gasteiger charge is -2.15. The Kier molecular flexibility index (Phi) is 4.31. The third kappa shape index (κ3) is 3.64. The number of para-hydroxylation sites is 1. The van der Waals surface area contributed by atoms with E-state index in [1.165, 1.54) is 0 Å². The topological polar surface area (TPSA) is 80.9 Å². The first-order chi connectivity index (χ1) is 9.06. The summed E-state index contributed by atoms with van der Waals surface area (Å²) in [4.78, 5) is 8.44. The van der Waals surface area contributed by atoms with Crippen molar-refractivity contribution in [2.24, 2.45) is 0 Å². The normalized spacial score (nSPS) is 14.2. The molecular weight excluding hydrogens is 260 g/mol. The molecule has 0 aliphatic rings. The number of nitrogens with zero attached hydrogens (tertiary/aromatic N) is 2. The minimum Gasteiger partial charge on any atom is -0.368 e. The van der Waals surface area contributed by atoms with Crippen molar-refractivity contribution in [1.29, 1.82) is 0 Å². The molecular formula is C13H18N4OS. The molecule has 1 aromatic carbocycles. The Morgan fingerprint density at radius 1 is 1.37 bits per heavy atom. The minimum atomic E-state index is -0.773. The SMILES string of the molecule is CC(CCS(C)=O)Nc1nc(N)nc2ccccc12. The lowest BCUT2D eigenvalue weighted by molar-refractivity contribution is 0.678. The largest absolute Gasteiger partial charge is 0.368 e. The average molecular weight is 278 g/mol. The van der Waals surface area contributed by atoms with Crippen LogP contribution in [0.15, 0.2) is 24.3 Å². The third-order valence-electron chi connectivity index (χ3n) is 2.84. The molecule has 0 saturated carbocycles. The van der Waals surface area contributed by atoms with Gasteiger partial charge in [-0.1, -0.05) is 12.1 Å². The summed E-state index contributed by atoms with van der Waals surface area (Å²) in [5, 5.41) is 4.26. The predicted molar refractivity (Wildman–Crippen MR) is 80.6 cm³/mol. The number of fused-ring (bicyclic) bond motifs is 1. The van der Waals surface area contributed by atoms with Crippen LogP contribution < -0.4 is 11.1 Å². The van der Waals surface area contributed by atoms with Crippen molar-refractivity contribution in [2.75, 3.05) is 23.1 Å². The van der Waals surface area contributed by atoms with Crippen LogP contribution in [0.25, 0.3) is 10.9 Å². The van der Waals surface area contributed by atoms with Gasteiger partial charge in [-0.05, 0) is 25.5 Å². The second-order valence-electron chi connectivity index (χ2n) is 4.56. The van der Waals surface area contributed by atoms with E-state index in [-0.39, 0.29) is 12.0 Å². The predicted octanol–water partition coefficient (Wildman–Crippen LogP) is 1.78. The lowest BCUT2D eigenvalue weighted by atomic mass is 10.2. The molecule has 19 heavy (non-hydrogen) atoms. The van der Waals surface area contributed by atoms with Gasteiger partial charge in [0.25, 0.3) is 0 Å². The summed E-state index contributed by atoms with van der Waals surface area (Å²) in [6, 6.07) is 7.91. The zero-order chi connectivity index (χ0) is 13.8. The van der Waals surface area contributed by atoms with Gasteiger partial charge in [0, 0.05) is 34.2 Å². The fourth-order valence-electron chi connectivity index (χ4n) is 1.85. The Bertz CT molecular complexity index is 602. The Labute approximate surface area is 115 Å². The van der Waals surface area contributed by atoms with E-state index in [1.807, 2.05) is 31.2 Å². The fraction of sp³-hybridized carbons (Fsp3) is 0.385. The highest BCUT2D eigenvalue weighted by atomic mass is 32.2. The van der Waals surface area contributed by atoms with Crippen molar-refractivity contribution in [2.45, 2.75) is 19.4 Å². The van der Waals surface area contributed by atoms with Gasteiger partial charge in [-0.2, -0.15) is 4.98 Å². The van der Waals surface area contributed by atoms with E-state index >= 15 is 0 Å². The third-order valence-corrected chi connectivity index (χ3v) is 3.65.